The van der Waals surface area contributed by atoms with Crippen molar-refractivity contribution in [1.82, 2.24) is 14.5 Å². The molecule has 0 aromatic heterocycles. The maximum atomic E-state index is 13.1. The number of urea groups is 1. The number of amides is 2. The minimum Gasteiger partial charge on any atom is -0.331 e. The van der Waals surface area contributed by atoms with E-state index in [1.54, 1.807) is 4.90 Å². The summed E-state index contributed by atoms with van der Waals surface area (Å²) in [6.45, 7) is 0.985. The third-order valence-electron chi connectivity index (χ3n) is 5.58. The highest BCUT2D eigenvalue weighted by atomic mass is 35.5. The van der Waals surface area contributed by atoms with Crippen LogP contribution < -0.4 is 5.32 Å². The van der Waals surface area contributed by atoms with Crippen LogP contribution in [0.25, 0.3) is 0 Å². The highest BCUT2D eigenvalue weighted by molar-refractivity contribution is 7.89. The molecule has 1 saturated heterocycles. The lowest BCUT2D eigenvalue weighted by Gasteiger charge is -2.35. The fraction of sp³-hybridized carbons (Fsp3) is 0.381. The number of piperazine rings is 1. The molecule has 0 spiro atoms. The number of benzene rings is 2. The number of nitrogens with one attached hydrogen (secondary N) is 1. The van der Waals surface area contributed by atoms with Gasteiger partial charge in [-0.25, -0.2) is 17.6 Å². The molecular formula is C21H23ClFN3O3S. The highest BCUT2D eigenvalue weighted by Crippen LogP contribution is 2.41. The third kappa shape index (κ3) is 4.61. The van der Waals surface area contributed by atoms with E-state index in [0.29, 0.717) is 24.0 Å². The number of hydrogen-bond acceptors (Lipinski definition) is 3. The van der Waals surface area contributed by atoms with Crippen molar-refractivity contribution in [2.24, 2.45) is 5.92 Å². The van der Waals surface area contributed by atoms with Crippen LogP contribution in [0.3, 0.4) is 0 Å². The molecule has 1 saturated carbocycles. The summed E-state index contributed by atoms with van der Waals surface area (Å²) < 4.78 is 39.9. The van der Waals surface area contributed by atoms with E-state index in [1.807, 2.05) is 24.3 Å². The fourth-order valence-corrected chi connectivity index (χ4v) is 5.23. The maximum Gasteiger partial charge on any atom is 0.317 e. The largest absolute Gasteiger partial charge is 0.331 e. The maximum absolute atomic E-state index is 13.1. The molecule has 1 N–H and O–H groups in total. The number of sulfonamides is 1. The molecule has 160 valence electrons. The number of carbonyl (C=O) groups is 1. The second kappa shape index (κ2) is 8.53. The van der Waals surface area contributed by atoms with Crippen LogP contribution in [0.4, 0.5) is 9.18 Å². The molecule has 4 rings (SSSR count). The summed E-state index contributed by atoms with van der Waals surface area (Å²) in [5.41, 5.74) is 1.02. The average Bonchev–Trinajstić information content (AvgIpc) is 3.58. The molecule has 1 atom stereocenters. The molecule has 2 aromatic carbocycles. The van der Waals surface area contributed by atoms with E-state index in [-0.39, 0.29) is 30.1 Å². The second-order valence-corrected chi connectivity index (χ2v) is 10.0. The van der Waals surface area contributed by atoms with Crippen molar-refractivity contribution in [3.05, 3.63) is 64.9 Å². The molecule has 1 aliphatic heterocycles. The van der Waals surface area contributed by atoms with Crippen molar-refractivity contribution in [1.29, 1.82) is 0 Å². The van der Waals surface area contributed by atoms with Crippen LogP contribution in [-0.4, -0.2) is 49.8 Å². The third-order valence-corrected chi connectivity index (χ3v) is 7.74. The van der Waals surface area contributed by atoms with Gasteiger partial charge in [-0.2, -0.15) is 4.31 Å². The Morgan fingerprint density at radius 3 is 2.17 bits per heavy atom. The zero-order valence-corrected chi connectivity index (χ0v) is 17.9. The summed E-state index contributed by atoms with van der Waals surface area (Å²) in [6, 6.07) is 12.0. The highest BCUT2D eigenvalue weighted by Gasteiger charge is 2.36. The van der Waals surface area contributed by atoms with Gasteiger partial charge in [0.05, 0.1) is 10.9 Å². The van der Waals surface area contributed by atoms with E-state index in [4.69, 9.17) is 11.6 Å². The molecule has 1 aliphatic carbocycles. The standard InChI is InChI=1S/C21H23ClFN3O3S/c22-17-5-3-16(4-6-17)20(15-1-2-15)24-21(27)25-11-13-26(14-12-25)30(28,29)19-9-7-18(23)8-10-19/h3-10,15,20H,1-2,11-14H2,(H,24,27). The first-order valence-corrected chi connectivity index (χ1v) is 11.7. The van der Waals surface area contributed by atoms with Gasteiger partial charge in [-0.1, -0.05) is 23.7 Å². The Kier molecular flexibility index (Phi) is 5.99. The van der Waals surface area contributed by atoms with Gasteiger partial charge in [0.2, 0.25) is 10.0 Å². The summed E-state index contributed by atoms with van der Waals surface area (Å²) in [4.78, 5) is 14.5. The lowest BCUT2D eigenvalue weighted by atomic mass is 10.0. The molecule has 0 bridgehead atoms. The van der Waals surface area contributed by atoms with Gasteiger partial charge in [0.15, 0.2) is 0 Å². The molecule has 30 heavy (non-hydrogen) atoms. The van der Waals surface area contributed by atoms with Gasteiger partial charge in [0.1, 0.15) is 5.82 Å². The van der Waals surface area contributed by atoms with Crippen LogP contribution in [0, 0.1) is 11.7 Å². The lowest BCUT2D eigenvalue weighted by molar-refractivity contribution is 0.167. The van der Waals surface area contributed by atoms with Gasteiger partial charge >= 0.3 is 6.03 Å². The van der Waals surface area contributed by atoms with Crippen molar-refractivity contribution in [2.75, 3.05) is 26.2 Å². The Balaban J connectivity index is 1.38. The summed E-state index contributed by atoms with van der Waals surface area (Å²) >= 11 is 5.97. The van der Waals surface area contributed by atoms with E-state index in [9.17, 15) is 17.6 Å². The first-order valence-electron chi connectivity index (χ1n) is 9.91. The van der Waals surface area contributed by atoms with Crippen molar-refractivity contribution >= 4 is 27.7 Å². The quantitative estimate of drug-likeness (QED) is 0.754. The second-order valence-electron chi connectivity index (χ2n) is 7.66. The van der Waals surface area contributed by atoms with E-state index >= 15 is 0 Å². The fourth-order valence-electron chi connectivity index (χ4n) is 3.68. The van der Waals surface area contributed by atoms with Gasteiger partial charge in [-0.05, 0) is 60.7 Å². The van der Waals surface area contributed by atoms with Crippen LogP contribution in [-0.2, 0) is 10.0 Å². The van der Waals surface area contributed by atoms with Gasteiger partial charge in [-0.15, -0.1) is 0 Å². The predicted molar refractivity (Wildman–Crippen MR) is 112 cm³/mol. The van der Waals surface area contributed by atoms with Crippen molar-refractivity contribution in [2.45, 2.75) is 23.8 Å². The predicted octanol–water partition coefficient (Wildman–Crippen LogP) is 3.65. The topological polar surface area (TPSA) is 69.7 Å². The van der Waals surface area contributed by atoms with Crippen LogP contribution >= 0.6 is 11.6 Å². The number of halogens is 2. The average molecular weight is 452 g/mol. The molecule has 6 nitrogen and oxygen atoms in total. The molecule has 9 heteroatoms. The van der Waals surface area contributed by atoms with Crippen LogP contribution in [0.1, 0.15) is 24.4 Å². The van der Waals surface area contributed by atoms with Crippen molar-refractivity contribution in [3.8, 4) is 0 Å². The zero-order chi connectivity index (χ0) is 21.3. The smallest absolute Gasteiger partial charge is 0.317 e. The molecular weight excluding hydrogens is 429 g/mol. The molecule has 1 heterocycles. The van der Waals surface area contributed by atoms with Crippen molar-refractivity contribution in [3.63, 3.8) is 0 Å². The first-order chi connectivity index (χ1) is 14.3. The first kappa shape index (κ1) is 21.1. The van der Waals surface area contributed by atoms with Gasteiger partial charge in [0, 0.05) is 31.2 Å². The summed E-state index contributed by atoms with van der Waals surface area (Å²) in [5, 5.41) is 3.76. The minimum atomic E-state index is -3.71. The normalized spacial score (nSPS) is 18.8. The Labute approximate surface area is 180 Å². The molecule has 1 unspecified atom stereocenters. The van der Waals surface area contributed by atoms with Gasteiger partial charge < -0.3 is 10.2 Å². The number of nitrogens with zero attached hydrogens (tertiary/aromatic N) is 2. The molecule has 2 fully saturated rings. The van der Waals surface area contributed by atoms with E-state index < -0.39 is 15.8 Å². The Morgan fingerprint density at radius 1 is 1.00 bits per heavy atom. The van der Waals surface area contributed by atoms with Crippen LogP contribution in [0.5, 0.6) is 0 Å². The zero-order valence-electron chi connectivity index (χ0n) is 16.3. The molecule has 2 amide bonds. The van der Waals surface area contributed by atoms with Crippen LogP contribution in [0.2, 0.25) is 5.02 Å². The summed E-state index contributed by atoms with van der Waals surface area (Å²) in [7, 11) is -3.71. The van der Waals surface area contributed by atoms with Gasteiger partial charge in [-0.3, -0.25) is 0 Å². The monoisotopic (exact) mass is 451 g/mol. The Morgan fingerprint density at radius 2 is 1.60 bits per heavy atom. The van der Waals surface area contributed by atoms with Crippen molar-refractivity contribution < 1.29 is 17.6 Å². The van der Waals surface area contributed by atoms with E-state index in [2.05, 4.69) is 5.32 Å². The summed E-state index contributed by atoms with van der Waals surface area (Å²) in [5.74, 6) is -0.0726. The Hall–Kier alpha value is -2.16. The summed E-state index contributed by atoms with van der Waals surface area (Å²) in [6.07, 6.45) is 2.13. The molecule has 2 aliphatic rings. The molecule has 0 radical (unpaired) electrons. The minimum absolute atomic E-state index is 0.0540. The number of carbonyl (C=O) groups excluding carboxylic acids is 1. The number of hydrogen-bond donors (Lipinski definition) is 1. The number of rotatable bonds is 5. The van der Waals surface area contributed by atoms with Gasteiger partial charge in [0.25, 0.3) is 0 Å². The SMILES string of the molecule is O=C(NC(c1ccc(Cl)cc1)C1CC1)N1CCN(S(=O)(=O)c2ccc(F)cc2)CC1. The van der Waals surface area contributed by atoms with E-state index in [0.717, 1.165) is 30.5 Å². The Bertz CT molecular complexity index is 1000. The molecule has 2 aromatic rings. The van der Waals surface area contributed by atoms with Crippen LogP contribution in [0.15, 0.2) is 53.4 Å². The van der Waals surface area contributed by atoms with E-state index in [1.165, 1.54) is 16.4 Å². The lowest BCUT2D eigenvalue weighted by Crippen LogP contribution is -2.53.